The van der Waals surface area contributed by atoms with E-state index in [9.17, 15) is 4.79 Å². The lowest BCUT2D eigenvalue weighted by Crippen LogP contribution is -2.28. The summed E-state index contributed by atoms with van der Waals surface area (Å²) in [7, 11) is 0. The zero-order valence-electron chi connectivity index (χ0n) is 12.0. The van der Waals surface area contributed by atoms with Gasteiger partial charge in [-0.15, -0.1) is 0 Å². The molecule has 108 valence electrons. The molecule has 0 saturated heterocycles. The second-order valence-electron chi connectivity index (χ2n) is 6.04. The number of benzene rings is 1. The van der Waals surface area contributed by atoms with Crippen molar-refractivity contribution in [2.45, 2.75) is 25.8 Å². The summed E-state index contributed by atoms with van der Waals surface area (Å²) in [6, 6.07) is 11.5. The summed E-state index contributed by atoms with van der Waals surface area (Å²) in [5.41, 5.74) is 1.85. The molecule has 21 heavy (non-hydrogen) atoms. The van der Waals surface area contributed by atoms with Crippen molar-refractivity contribution < 1.29 is 4.79 Å². The van der Waals surface area contributed by atoms with E-state index >= 15 is 0 Å². The van der Waals surface area contributed by atoms with E-state index < -0.39 is 0 Å². The molecular formula is C17H17ClN2O. The summed E-state index contributed by atoms with van der Waals surface area (Å²) >= 11 is 5.93. The number of carbonyl (C=O) groups excluding carboxylic acids is 1. The van der Waals surface area contributed by atoms with Crippen molar-refractivity contribution in [2.75, 3.05) is 0 Å². The molecule has 3 rings (SSSR count). The SMILES string of the molecule is CC1(C)C(NC(=O)c2cccnc2)C1c1ccc(Cl)cc1. The average molecular weight is 301 g/mol. The standard InChI is InChI=1S/C17H17ClN2O/c1-17(2)14(11-5-7-13(18)8-6-11)15(17)20-16(21)12-4-3-9-19-10-12/h3-10,14-15H,1-2H3,(H,20,21). The Morgan fingerprint density at radius 1 is 1.24 bits per heavy atom. The number of aromatic nitrogens is 1. The third kappa shape index (κ3) is 2.66. The van der Waals surface area contributed by atoms with Gasteiger partial charge in [0, 0.05) is 29.4 Å². The van der Waals surface area contributed by atoms with Crippen LogP contribution >= 0.6 is 11.6 Å². The maximum absolute atomic E-state index is 12.2. The number of amides is 1. The summed E-state index contributed by atoms with van der Waals surface area (Å²) in [4.78, 5) is 16.2. The van der Waals surface area contributed by atoms with E-state index in [1.807, 2.05) is 24.3 Å². The number of nitrogens with zero attached hydrogens (tertiary/aromatic N) is 1. The normalized spacial score (nSPS) is 22.6. The van der Waals surface area contributed by atoms with Crippen molar-refractivity contribution in [2.24, 2.45) is 5.41 Å². The molecule has 1 saturated carbocycles. The van der Waals surface area contributed by atoms with Crippen LogP contribution in [0.25, 0.3) is 0 Å². The van der Waals surface area contributed by atoms with Crippen LogP contribution in [0.1, 0.15) is 35.7 Å². The van der Waals surface area contributed by atoms with E-state index in [0.717, 1.165) is 5.02 Å². The Labute approximate surface area is 129 Å². The lowest BCUT2D eigenvalue weighted by Gasteiger charge is -2.05. The van der Waals surface area contributed by atoms with Crippen LogP contribution in [0.2, 0.25) is 5.02 Å². The fourth-order valence-electron chi connectivity index (χ4n) is 2.92. The first-order chi connectivity index (χ1) is 10.00. The fraction of sp³-hybridized carbons (Fsp3) is 0.294. The van der Waals surface area contributed by atoms with Crippen molar-refractivity contribution in [3.05, 3.63) is 64.9 Å². The maximum Gasteiger partial charge on any atom is 0.253 e. The van der Waals surface area contributed by atoms with Gasteiger partial charge in [0.1, 0.15) is 0 Å². The smallest absolute Gasteiger partial charge is 0.253 e. The number of hydrogen-bond acceptors (Lipinski definition) is 2. The number of halogens is 1. The van der Waals surface area contributed by atoms with Crippen LogP contribution in [0.15, 0.2) is 48.8 Å². The summed E-state index contributed by atoms with van der Waals surface area (Å²) in [5.74, 6) is 0.244. The molecule has 0 radical (unpaired) electrons. The number of carbonyl (C=O) groups is 1. The number of pyridine rings is 1. The van der Waals surface area contributed by atoms with Crippen LogP contribution in [0.4, 0.5) is 0 Å². The van der Waals surface area contributed by atoms with Gasteiger partial charge in [0.25, 0.3) is 5.91 Å². The molecule has 3 nitrogen and oxygen atoms in total. The topological polar surface area (TPSA) is 42.0 Å². The first kappa shape index (κ1) is 14.1. The van der Waals surface area contributed by atoms with Crippen molar-refractivity contribution in [3.63, 3.8) is 0 Å². The van der Waals surface area contributed by atoms with Crippen LogP contribution in [0, 0.1) is 5.41 Å². The van der Waals surface area contributed by atoms with Gasteiger partial charge in [0.05, 0.1) is 5.56 Å². The Hall–Kier alpha value is -1.87. The highest BCUT2D eigenvalue weighted by atomic mass is 35.5. The number of nitrogens with one attached hydrogen (secondary N) is 1. The zero-order chi connectivity index (χ0) is 15.0. The van der Waals surface area contributed by atoms with E-state index in [0.29, 0.717) is 11.5 Å². The molecule has 4 heteroatoms. The molecule has 1 aromatic heterocycles. The highest BCUT2D eigenvalue weighted by molar-refractivity contribution is 6.30. The summed E-state index contributed by atoms with van der Waals surface area (Å²) in [6.45, 7) is 4.33. The van der Waals surface area contributed by atoms with Crippen LogP contribution in [0.3, 0.4) is 0 Å². The minimum Gasteiger partial charge on any atom is -0.348 e. The van der Waals surface area contributed by atoms with Gasteiger partial charge in [0.15, 0.2) is 0 Å². The molecular weight excluding hydrogens is 284 g/mol. The summed E-state index contributed by atoms with van der Waals surface area (Å²) in [6.07, 6.45) is 3.25. The van der Waals surface area contributed by atoms with Gasteiger partial charge >= 0.3 is 0 Å². The van der Waals surface area contributed by atoms with Gasteiger partial charge < -0.3 is 5.32 Å². The minimum atomic E-state index is -0.0716. The molecule has 1 heterocycles. The summed E-state index contributed by atoms with van der Waals surface area (Å²) < 4.78 is 0. The molecule has 1 aliphatic carbocycles. The Bertz CT molecular complexity index is 652. The van der Waals surface area contributed by atoms with Crippen molar-refractivity contribution in [1.82, 2.24) is 10.3 Å². The molecule has 2 unspecified atom stereocenters. The van der Waals surface area contributed by atoms with Gasteiger partial charge in [0.2, 0.25) is 0 Å². The monoisotopic (exact) mass is 300 g/mol. The second kappa shape index (κ2) is 5.15. The van der Waals surface area contributed by atoms with E-state index in [2.05, 4.69) is 24.1 Å². The molecule has 1 fully saturated rings. The van der Waals surface area contributed by atoms with E-state index in [1.54, 1.807) is 24.5 Å². The molecule has 0 spiro atoms. The van der Waals surface area contributed by atoms with E-state index in [-0.39, 0.29) is 17.4 Å². The van der Waals surface area contributed by atoms with Gasteiger partial charge in [-0.1, -0.05) is 37.6 Å². The number of hydrogen-bond donors (Lipinski definition) is 1. The minimum absolute atomic E-state index is 0.0473. The predicted molar refractivity (Wildman–Crippen MR) is 83.5 cm³/mol. The van der Waals surface area contributed by atoms with Crippen molar-refractivity contribution in [1.29, 1.82) is 0 Å². The maximum atomic E-state index is 12.2. The Morgan fingerprint density at radius 2 is 1.95 bits per heavy atom. The van der Waals surface area contributed by atoms with Crippen LogP contribution < -0.4 is 5.32 Å². The van der Waals surface area contributed by atoms with Crippen molar-refractivity contribution in [3.8, 4) is 0 Å². The van der Waals surface area contributed by atoms with Gasteiger partial charge in [-0.3, -0.25) is 9.78 Å². The van der Waals surface area contributed by atoms with E-state index in [1.165, 1.54) is 5.56 Å². The molecule has 1 aromatic carbocycles. The first-order valence-corrected chi connectivity index (χ1v) is 7.34. The molecule has 2 aromatic rings. The van der Waals surface area contributed by atoms with Gasteiger partial charge in [-0.25, -0.2) is 0 Å². The van der Waals surface area contributed by atoms with Crippen molar-refractivity contribution >= 4 is 17.5 Å². The Balaban J connectivity index is 1.75. The third-order valence-corrected chi connectivity index (χ3v) is 4.52. The second-order valence-corrected chi connectivity index (χ2v) is 6.48. The fourth-order valence-corrected chi connectivity index (χ4v) is 3.05. The Morgan fingerprint density at radius 3 is 2.57 bits per heavy atom. The largest absolute Gasteiger partial charge is 0.348 e. The van der Waals surface area contributed by atoms with Crippen LogP contribution in [0.5, 0.6) is 0 Å². The first-order valence-electron chi connectivity index (χ1n) is 6.96. The highest BCUT2D eigenvalue weighted by Gasteiger charge is 2.59. The molecule has 1 aliphatic rings. The molecule has 2 atom stereocenters. The van der Waals surface area contributed by atoms with Gasteiger partial charge in [-0.05, 0) is 35.2 Å². The Kier molecular flexibility index (Phi) is 3.46. The third-order valence-electron chi connectivity index (χ3n) is 4.27. The summed E-state index contributed by atoms with van der Waals surface area (Å²) in [5, 5.41) is 3.84. The van der Waals surface area contributed by atoms with Gasteiger partial charge in [-0.2, -0.15) is 0 Å². The molecule has 0 bridgehead atoms. The lowest BCUT2D eigenvalue weighted by atomic mass is 10.0. The zero-order valence-corrected chi connectivity index (χ0v) is 12.8. The molecule has 0 aliphatic heterocycles. The number of rotatable bonds is 3. The molecule has 1 N–H and O–H groups in total. The molecule has 1 amide bonds. The highest BCUT2D eigenvalue weighted by Crippen LogP contribution is 2.58. The average Bonchev–Trinajstić information content (AvgIpc) is 3.02. The predicted octanol–water partition coefficient (Wildman–Crippen LogP) is 3.66. The quantitative estimate of drug-likeness (QED) is 0.940. The van der Waals surface area contributed by atoms with E-state index in [4.69, 9.17) is 11.6 Å². The van der Waals surface area contributed by atoms with Crippen LogP contribution in [-0.4, -0.2) is 16.9 Å². The lowest BCUT2D eigenvalue weighted by molar-refractivity contribution is 0.0945. The van der Waals surface area contributed by atoms with Crippen LogP contribution in [-0.2, 0) is 0 Å².